The number of hydrogen-bond acceptors (Lipinski definition) is 4. The van der Waals surface area contributed by atoms with E-state index in [0.29, 0.717) is 24.7 Å². The van der Waals surface area contributed by atoms with E-state index >= 15 is 0 Å². The number of fused-ring (bicyclic) bond motifs is 1. The highest BCUT2D eigenvalue weighted by Crippen LogP contribution is 2.22. The summed E-state index contributed by atoms with van der Waals surface area (Å²) in [6.45, 7) is 3.17. The number of aromatic nitrogens is 1. The van der Waals surface area contributed by atoms with Crippen LogP contribution in [-0.2, 0) is 4.74 Å². The summed E-state index contributed by atoms with van der Waals surface area (Å²) in [4.78, 5) is 16.5. The maximum absolute atomic E-state index is 12.3. The molecule has 1 aliphatic heterocycles. The molecule has 3 N–H and O–H groups in total. The Morgan fingerprint density at radius 1 is 1.45 bits per heavy atom. The van der Waals surface area contributed by atoms with Crippen molar-refractivity contribution in [3.8, 4) is 0 Å². The molecule has 104 valence electrons. The van der Waals surface area contributed by atoms with Gasteiger partial charge >= 0.3 is 0 Å². The third-order valence-corrected chi connectivity index (χ3v) is 3.64. The van der Waals surface area contributed by atoms with Gasteiger partial charge < -0.3 is 15.8 Å². The zero-order valence-corrected chi connectivity index (χ0v) is 11.3. The van der Waals surface area contributed by atoms with Gasteiger partial charge in [-0.2, -0.15) is 0 Å². The number of hydrogen-bond donors (Lipinski definition) is 2. The number of benzene rings is 1. The molecule has 1 aromatic carbocycles. The number of pyridine rings is 1. The van der Waals surface area contributed by atoms with Crippen LogP contribution in [0, 0.1) is 0 Å². The highest BCUT2D eigenvalue weighted by molar-refractivity contribution is 6.00. The van der Waals surface area contributed by atoms with Crippen molar-refractivity contribution in [2.24, 2.45) is 0 Å². The van der Waals surface area contributed by atoms with Crippen molar-refractivity contribution in [2.45, 2.75) is 18.9 Å². The smallest absolute Gasteiger partial charge is 0.270 e. The molecule has 1 amide bonds. The monoisotopic (exact) mass is 271 g/mol. The lowest BCUT2D eigenvalue weighted by molar-refractivity contribution is 0.0885. The maximum Gasteiger partial charge on any atom is 0.270 e. The zero-order valence-electron chi connectivity index (χ0n) is 11.3. The molecule has 2 heterocycles. The second-order valence-electron chi connectivity index (χ2n) is 5.43. The summed E-state index contributed by atoms with van der Waals surface area (Å²) < 4.78 is 5.33. The zero-order chi connectivity index (χ0) is 14.2. The Morgan fingerprint density at radius 3 is 3.00 bits per heavy atom. The lowest BCUT2D eigenvalue weighted by Gasteiger charge is -2.23. The first-order chi connectivity index (χ1) is 9.57. The number of anilines is 1. The molecule has 1 aromatic heterocycles. The topological polar surface area (TPSA) is 77.2 Å². The molecular weight excluding hydrogens is 254 g/mol. The normalized spacial score (nSPS) is 22.1. The van der Waals surface area contributed by atoms with Crippen molar-refractivity contribution in [1.82, 2.24) is 10.3 Å². The predicted molar refractivity (Wildman–Crippen MR) is 77.5 cm³/mol. The molecule has 0 spiro atoms. The van der Waals surface area contributed by atoms with Crippen LogP contribution in [0.25, 0.3) is 10.8 Å². The van der Waals surface area contributed by atoms with E-state index in [2.05, 4.69) is 10.3 Å². The van der Waals surface area contributed by atoms with E-state index in [1.165, 1.54) is 0 Å². The Morgan fingerprint density at radius 2 is 2.25 bits per heavy atom. The van der Waals surface area contributed by atoms with Crippen LogP contribution >= 0.6 is 0 Å². The summed E-state index contributed by atoms with van der Waals surface area (Å²) in [6.07, 6.45) is 0.807. The van der Waals surface area contributed by atoms with Gasteiger partial charge in [0.15, 0.2) is 0 Å². The van der Waals surface area contributed by atoms with Crippen LogP contribution in [0.3, 0.4) is 0 Å². The first kappa shape index (κ1) is 12.9. The largest absolute Gasteiger partial charge is 0.383 e. The van der Waals surface area contributed by atoms with Crippen molar-refractivity contribution in [3.63, 3.8) is 0 Å². The molecule has 0 saturated carbocycles. The SMILES string of the molecule is CC1(NC(=O)c2cc3ccccc3c(N)n2)CCOC1. The number of nitrogens with two attached hydrogens (primary N) is 1. The van der Waals surface area contributed by atoms with E-state index in [0.717, 1.165) is 17.2 Å². The Labute approximate surface area is 117 Å². The van der Waals surface area contributed by atoms with E-state index in [4.69, 9.17) is 10.5 Å². The van der Waals surface area contributed by atoms with Crippen molar-refractivity contribution in [1.29, 1.82) is 0 Å². The van der Waals surface area contributed by atoms with Crippen molar-refractivity contribution >= 4 is 22.5 Å². The second kappa shape index (κ2) is 4.76. The van der Waals surface area contributed by atoms with Crippen molar-refractivity contribution in [2.75, 3.05) is 18.9 Å². The van der Waals surface area contributed by atoms with Gasteiger partial charge in [-0.15, -0.1) is 0 Å². The molecule has 5 heteroatoms. The van der Waals surface area contributed by atoms with Gasteiger partial charge in [-0.05, 0) is 24.8 Å². The van der Waals surface area contributed by atoms with E-state index < -0.39 is 0 Å². The van der Waals surface area contributed by atoms with Gasteiger partial charge in [0.25, 0.3) is 5.91 Å². The first-order valence-corrected chi connectivity index (χ1v) is 6.63. The standard InChI is InChI=1S/C15H17N3O2/c1-15(6-7-20-9-15)18-14(19)12-8-10-4-2-3-5-11(10)13(16)17-12/h2-5,8H,6-7,9H2,1H3,(H2,16,17)(H,18,19). The lowest BCUT2D eigenvalue weighted by atomic mass is 10.0. The number of carbonyl (C=O) groups excluding carboxylic acids is 1. The molecule has 3 rings (SSSR count). The van der Waals surface area contributed by atoms with Gasteiger partial charge in [-0.1, -0.05) is 24.3 Å². The molecule has 1 aliphatic rings. The van der Waals surface area contributed by atoms with Crippen LogP contribution in [0.1, 0.15) is 23.8 Å². The Hall–Kier alpha value is -2.14. The van der Waals surface area contributed by atoms with E-state index in [1.54, 1.807) is 6.07 Å². The van der Waals surface area contributed by atoms with E-state index in [1.807, 2.05) is 31.2 Å². The van der Waals surface area contributed by atoms with Gasteiger partial charge in [0.05, 0.1) is 12.1 Å². The molecular formula is C15H17N3O2. The van der Waals surface area contributed by atoms with Gasteiger partial charge in [0.1, 0.15) is 11.5 Å². The minimum atomic E-state index is -0.320. The van der Waals surface area contributed by atoms with Crippen LogP contribution < -0.4 is 11.1 Å². The van der Waals surface area contributed by atoms with Crippen LogP contribution in [-0.4, -0.2) is 29.6 Å². The number of rotatable bonds is 2. The maximum atomic E-state index is 12.3. The molecule has 1 fully saturated rings. The summed E-state index contributed by atoms with van der Waals surface area (Å²) in [5, 5.41) is 4.76. The summed E-state index contributed by atoms with van der Waals surface area (Å²) >= 11 is 0. The summed E-state index contributed by atoms with van der Waals surface area (Å²) in [6, 6.07) is 9.39. The summed E-state index contributed by atoms with van der Waals surface area (Å²) in [7, 11) is 0. The van der Waals surface area contributed by atoms with Crippen LogP contribution in [0.5, 0.6) is 0 Å². The number of nitrogens with one attached hydrogen (secondary N) is 1. The predicted octanol–water partition coefficient (Wildman–Crippen LogP) is 1.73. The molecule has 1 unspecified atom stereocenters. The Bertz CT molecular complexity index is 663. The summed E-state index contributed by atoms with van der Waals surface area (Å²) in [5.41, 5.74) is 5.94. The fourth-order valence-corrected chi connectivity index (χ4v) is 2.45. The first-order valence-electron chi connectivity index (χ1n) is 6.63. The molecule has 20 heavy (non-hydrogen) atoms. The van der Waals surface area contributed by atoms with Gasteiger partial charge in [0.2, 0.25) is 0 Å². The highest BCUT2D eigenvalue weighted by Gasteiger charge is 2.31. The molecule has 0 aliphatic carbocycles. The van der Waals surface area contributed by atoms with Gasteiger partial charge in [-0.25, -0.2) is 4.98 Å². The van der Waals surface area contributed by atoms with Crippen LogP contribution in [0.4, 0.5) is 5.82 Å². The molecule has 2 aromatic rings. The summed E-state index contributed by atoms with van der Waals surface area (Å²) in [5.74, 6) is 0.163. The lowest BCUT2D eigenvalue weighted by Crippen LogP contribution is -2.46. The number of amides is 1. The molecule has 1 atom stereocenters. The fourth-order valence-electron chi connectivity index (χ4n) is 2.45. The number of nitrogen functional groups attached to an aromatic ring is 1. The second-order valence-corrected chi connectivity index (χ2v) is 5.43. The molecule has 5 nitrogen and oxygen atoms in total. The third-order valence-electron chi connectivity index (χ3n) is 3.64. The Balaban J connectivity index is 1.91. The average molecular weight is 271 g/mol. The third kappa shape index (κ3) is 2.32. The van der Waals surface area contributed by atoms with Crippen molar-refractivity contribution in [3.05, 3.63) is 36.0 Å². The number of ether oxygens (including phenoxy) is 1. The Kier molecular flexibility index (Phi) is 3.06. The average Bonchev–Trinajstić information content (AvgIpc) is 2.85. The minimum absolute atomic E-state index is 0.213. The molecule has 0 bridgehead atoms. The number of carbonyl (C=O) groups is 1. The number of nitrogens with zero attached hydrogens (tertiary/aromatic N) is 1. The van der Waals surface area contributed by atoms with Gasteiger partial charge in [0, 0.05) is 12.0 Å². The van der Waals surface area contributed by atoms with Gasteiger partial charge in [-0.3, -0.25) is 4.79 Å². The van der Waals surface area contributed by atoms with Crippen LogP contribution in [0.15, 0.2) is 30.3 Å². The molecule has 1 saturated heterocycles. The van der Waals surface area contributed by atoms with Crippen molar-refractivity contribution < 1.29 is 9.53 Å². The fraction of sp³-hybridized carbons (Fsp3) is 0.333. The minimum Gasteiger partial charge on any atom is -0.383 e. The molecule has 0 radical (unpaired) electrons. The quantitative estimate of drug-likeness (QED) is 0.872. The van der Waals surface area contributed by atoms with Crippen LogP contribution in [0.2, 0.25) is 0 Å². The van der Waals surface area contributed by atoms with E-state index in [9.17, 15) is 4.79 Å². The highest BCUT2D eigenvalue weighted by atomic mass is 16.5. The van der Waals surface area contributed by atoms with E-state index in [-0.39, 0.29) is 11.4 Å².